The maximum Gasteiger partial charge on any atom is 0.339 e. The number of aliphatic imine (C=N–C) groups is 1. The van der Waals surface area contributed by atoms with Gasteiger partial charge in [0.1, 0.15) is 11.3 Å². The fraction of sp³-hybridized carbons (Fsp3) is 0.364. The molecule has 0 unspecified atom stereocenters. The second kappa shape index (κ2) is 7.73. The van der Waals surface area contributed by atoms with Gasteiger partial charge in [0.25, 0.3) is 0 Å². The maximum absolute atomic E-state index is 10.3. The molecule has 0 amide bonds. The highest BCUT2D eigenvalue weighted by molar-refractivity contribution is 6.01. The van der Waals surface area contributed by atoms with Crippen molar-refractivity contribution in [2.75, 3.05) is 0 Å². The number of carbonyl (C=O) groups is 1. The van der Waals surface area contributed by atoms with Crippen LogP contribution in [0.4, 0.5) is 0 Å². The Hall–Kier alpha value is -2.62. The molecule has 0 bridgehead atoms. The average molecular weight is 351 g/mol. The van der Waals surface area contributed by atoms with Gasteiger partial charge in [-0.1, -0.05) is 55.7 Å². The molecule has 0 saturated heterocycles. The zero-order chi connectivity index (χ0) is 18.6. The third kappa shape index (κ3) is 3.96. The molecule has 2 N–H and O–H groups in total. The molecule has 1 aliphatic heterocycles. The summed E-state index contributed by atoms with van der Waals surface area (Å²) in [6.07, 6.45) is 7.87. The van der Waals surface area contributed by atoms with E-state index in [1.807, 2.05) is 0 Å². The number of hydrogen-bond acceptors (Lipinski definition) is 3. The third-order valence-electron chi connectivity index (χ3n) is 5.25. The summed E-state index contributed by atoms with van der Waals surface area (Å²) in [6.45, 7) is 2.17. The van der Waals surface area contributed by atoms with E-state index in [2.05, 4.69) is 31.2 Å². The molecule has 2 aliphatic rings. The lowest BCUT2D eigenvalue weighted by Gasteiger charge is -2.38. The first-order chi connectivity index (χ1) is 12.5. The quantitative estimate of drug-likeness (QED) is 0.772. The van der Waals surface area contributed by atoms with Crippen molar-refractivity contribution in [2.45, 2.75) is 51.0 Å². The number of aromatic hydroxyl groups is 1. The van der Waals surface area contributed by atoms with E-state index in [1.165, 1.54) is 67.5 Å². The second-order valence-corrected chi connectivity index (χ2v) is 7.14. The molecular weight excluding hydrogens is 326 g/mol. The molecule has 4 nitrogen and oxygen atoms in total. The van der Waals surface area contributed by atoms with Gasteiger partial charge in [-0.3, -0.25) is 4.99 Å². The largest absolute Gasteiger partial charge is 0.507 e. The van der Waals surface area contributed by atoms with Crippen molar-refractivity contribution < 1.29 is 15.0 Å². The number of carboxylic acid groups (broad SMARTS) is 1. The number of fused-ring (bicyclic) bond motifs is 1. The van der Waals surface area contributed by atoms with Gasteiger partial charge in [0, 0.05) is 5.71 Å². The van der Waals surface area contributed by atoms with Crippen LogP contribution in [0.1, 0.15) is 60.5 Å². The standard InChI is InChI=1S/C15H19N.C7H6O3/c1-12-14-8-4-3-7-13(14)11-15(16-12)9-5-2-6-10-15;8-6-4-2-1-3-5(6)7(9)10/h3-4,7-8H,2,5-6,9-11H2,1H3;1-4,8H,(H,9,10). The minimum atomic E-state index is -1.11. The fourth-order valence-corrected chi connectivity index (χ4v) is 3.99. The lowest BCUT2D eigenvalue weighted by molar-refractivity contribution is 0.0693. The summed E-state index contributed by atoms with van der Waals surface area (Å²) in [7, 11) is 0. The zero-order valence-corrected chi connectivity index (χ0v) is 15.1. The number of phenols is 1. The highest BCUT2D eigenvalue weighted by Gasteiger charge is 2.35. The van der Waals surface area contributed by atoms with Gasteiger partial charge in [-0.05, 0) is 49.4 Å². The van der Waals surface area contributed by atoms with Gasteiger partial charge in [0.2, 0.25) is 0 Å². The Balaban J connectivity index is 0.000000170. The number of rotatable bonds is 1. The van der Waals surface area contributed by atoms with E-state index >= 15 is 0 Å². The van der Waals surface area contributed by atoms with Gasteiger partial charge in [-0.25, -0.2) is 4.79 Å². The van der Waals surface area contributed by atoms with E-state index < -0.39 is 5.97 Å². The van der Waals surface area contributed by atoms with Crippen LogP contribution in [0, 0.1) is 0 Å². The highest BCUT2D eigenvalue weighted by Crippen LogP contribution is 2.38. The van der Waals surface area contributed by atoms with Crippen molar-refractivity contribution in [3.8, 4) is 5.75 Å². The molecule has 1 fully saturated rings. The van der Waals surface area contributed by atoms with Gasteiger partial charge in [-0.2, -0.15) is 0 Å². The van der Waals surface area contributed by atoms with Gasteiger partial charge >= 0.3 is 5.97 Å². The summed E-state index contributed by atoms with van der Waals surface area (Å²) in [4.78, 5) is 15.3. The molecule has 1 heterocycles. The van der Waals surface area contributed by atoms with Crippen molar-refractivity contribution in [2.24, 2.45) is 4.99 Å². The molecule has 1 saturated carbocycles. The topological polar surface area (TPSA) is 69.9 Å². The molecule has 0 aromatic heterocycles. The molecule has 0 atom stereocenters. The van der Waals surface area contributed by atoms with E-state index in [4.69, 9.17) is 15.2 Å². The monoisotopic (exact) mass is 351 g/mol. The number of para-hydroxylation sites is 1. The van der Waals surface area contributed by atoms with E-state index in [1.54, 1.807) is 12.1 Å². The molecule has 4 rings (SSSR count). The summed E-state index contributed by atoms with van der Waals surface area (Å²) in [5.74, 6) is -1.31. The molecule has 26 heavy (non-hydrogen) atoms. The van der Waals surface area contributed by atoms with Crippen LogP contribution in [0.2, 0.25) is 0 Å². The molecule has 0 radical (unpaired) electrons. The van der Waals surface area contributed by atoms with Crippen LogP contribution in [0.25, 0.3) is 0 Å². The zero-order valence-electron chi connectivity index (χ0n) is 15.1. The summed E-state index contributed by atoms with van der Waals surface area (Å²) in [5.41, 5.74) is 4.33. The van der Waals surface area contributed by atoms with Crippen LogP contribution in [0.15, 0.2) is 53.5 Å². The van der Waals surface area contributed by atoms with Crippen LogP contribution >= 0.6 is 0 Å². The Kier molecular flexibility index (Phi) is 5.40. The molecule has 2 aromatic carbocycles. The van der Waals surface area contributed by atoms with Crippen LogP contribution in [-0.2, 0) is 6.42 Å². The normalized spacial score (nSPS) is 17.5. The highest BCUT2D eigenvalue weighted by atomic mass is 16.4. The van der Waals surface area contributed by atoms with Gasteiger partial charge in [0.15, 0.2) is 0 Å². The van der Waals surface area contributed by atoms with Crippen LogP contribution in [-0.4, -0.2) is 27.4 Å². The third-order valence-corrected chi connectivity index (χ3v) is 5.25. The van der Waals surface area contributed by atoms with Crippen molar-refractivity contribution in [1.29, 1.82) is 0 Å². The van der Waals surface area contributed by atoms with Crippen molar-refractivity contribution in [3.05, 3.63) is 65.2 Å². The van der Waals surface area contributed by atoms with E-state index in [-0.39, 0.29) is 16.9 Å². The van der Waals surface area contributed by atoms with Gasteiger partial charge < -0.3 is 10.2 Å². The Morgan fingerprint density at radius 1 is 1.00 bits per heavy atom. The van der Waals surface area contributed by atoms with E-state index in [0.29, 0.717) is 0 Å². The summed E-state index contributed by atoms with van der Waals surface area (Å²) in [5, 5.41) is 17.3. The average Bonchev–Trinajstić information content (AvgIpc) is 2.63. The first kappa shape index (κ1) is 18.2. The summed E-state index contributed by atoms with van der Waals surface area (Å²) >= 11 is 0. The molecule has 4 heteroatoms. The lowest BCUT2D eigenvalue weighted by atomic mass is 9.75. The number of hydrogen-bond donors (Lipinski definition) is 2. The predicted molar refractivity (Wildman–Crippen MR) is 103 cm³/mol. The molecule has 1 aliphatic carbocycles. The first-order valence-electron chi connectivity index (χ1n) is 9.17. The van der Waals surface area contributed by atoms with Crippen molar-refractivity contribution in [3.63, 3.8) is 0 Å². The number of nitrogens with zero attached hydrogens (tertiary/aromatic N) is 1. The van der Waals surface area contributed by atoms with Crippen molar-refractivity contribution >= 4 is 11.7 Å². The Bertz CT molecular complexity index is 820. The smallest absolute Gasteiger partial charge is 0.339 e. The molecule has 136 valence electrons. The van der Waals surface area contributed by atoms with Crippen LogP contribution in [0.3, 0.4) is 0 Å². The molecule has 1 spiro atoms. The predicted octanol–water partition coefficient (Wildman–Crippen LogP) is 4.85. The van der Waals surface area contributed by atoms with E-state index in [9.17, 15) is 4.79 Å². The van der Waals surface area contributed by atoms with Crippen LogP contribution in [0.5, 0.6) is 5.75 Å². The minimum absolute atomic E-state index is 0.0671. The number of benzene rings is 2. The molecule has 2 aromatic rings. The SMILES string of the molecule is CC1=NC2(CCCCC2)Cc2ccccc21.O=C(O)c1ccccc1O. The van der Waals surface area contributed by atoms with Crippen molar-refractivity contribution in [1.82, 2.24) is 0 Å². The van der Waals surface area contributed by atoms with Crippen LogP contribution < -0.4 is 0 Å². The fourth-order valence-electron chi connectivity index (χ4n) is 3.99. The Labute approximate surface area is 154 Å². The van der Waals surface area contributed by atoms with Gasteiger partial charge in [0.05, 0.1) is 5.54 Å². The summed E-state index contributed by atoms with van der Waals surface area (Å²) < 4.78 is 0. The number of carboxylic acids is 1. The van der Waals surface area contributed by atoms with E-state index in [0.717, 1.165) is 0 Å². The molecular formula is C22H25NO3. The first-order valence-corrected chi connectivity index (χ1v) is 9.17. The Morgan fingerprint density at radius 2 is 1.65 bits per heavy atom. The summed E-state index contributed by atoms with van der Waals surface area (Å²) in [6, 6.07) is 14.6. The minimum Gasteiger partial charge on any atom is -0.507 e. The lowest BCUT2D eigenvalue weighted by Crippen LogP contribution is -2.36. The number of aromatic carboxylic acids is 1. The second-order valence-electron chi connectivity index (χ2n) is 7.14. The Morgan fingerprint density at radius 3 is 2.31 bits per heavy atom. The maximum atomic E-state index is 10.3. The van der Waals surface area contributed by atoms with Gasteiger partial charge in [-0.15, -0.1) is 0 Å².